The maximum Gasteiger partial charge on any atom is 0.309 e. The minimum Gasteiger partial charge on any atom is -0.467 e. The topological polar surface area (TPSA) is 87.5 Å². The van der Waals surface area contributed by atoms with E-state index in [0.717, 1.165) is 30.0 Å². The van der Waals surface area contributed by atoms with Gasteiger partial charge in [0.2, 0.25) is 0 Å². The number of aromatic nitrogens is 1. The van der Waals surface area contributed by atoms with Gasteiger partial charge >= 0.3 is 11.8 Å². The number of carbonyl (C=O) groups excluding carboxylic acids is 2. The lowest BCUT2D eigenvalue weighted by molar-refractivity contribution is -0.139. The van der Waals surface area contributed by atoms with Crippen LogP contribution in [0.25, 0.3) is 0 Å². The minimum atomic E-state index is -0.672. The summed E-state index contributed by atoms with van der Waals surface area (Å²) in [5, 5.41) is 5.36. The van der Waals surface area contributed by atoms with Gasteiger partial charge in [-0.25, -0.2) is 0 Å². The number of fused-ring (bicyclic) bond motifs is 1. The third-order valence-electron chi connectivity index (χ3n) is 5.01. The molecule has 1 aromatic carbocycles. The summed E-state index contributed by atoms with van der Waals surface area (Å²) in [7, 11) is 0. The quantitative estimate of drug-likeness (QED) is 0.630. The number of hydrogen-bond acceptors (Lipinski definition) is 5. The molecular formula is C22H22N4O3. The number of para-hydroxylation sites is 1. The van der Waals surface area contributed by atoms with Gasteiger partial charge in [0.1, 0.15) is 11.8 Å². The first kappa shape index (κ1) is 18.7. The summed E-state index contributed by atoms with van der Waals surface area (Å²) in [4.78, 5) is 30.7. The third-order valence-corrected chi connectivity index (χ3v) is 5.01. The molecule has 0 fully saturated rings. The van der Waals surface area contributed by atoms with Crippen molar-refractivity contribution < 1.29 is 14.0 Å². The molecule has 0 bridgehead atoms. The molecule has 0 radical (unpaired) electrons. The Bertz CT molecular complexity index is 973. The summed E-state index contributed by atoms with van der Waals surface area (Å²) in [6.07, 6.45) is 5.86. The largest absolute Gasteiger partial charge is 0.467 e. The number of anilines is 1. The van der Waals surface area contributed by atoms with Crippen molar-refractivity contribution >= 4 is 17.5 Å². The highest BCUT2D eigenvalue weighted by Gasteiger charge is 2.29. The fraction of sp³-hybridized carbons (Fsp3) is 0.227. The first-order chi connectivity index (χ1) is 14.2. The third kappa shape index (κ3) is 4.29. The zero-order valence-electron chi connectivity index (χ0n) is 15.9. The van der Waals surface area contributed by atoms with Crippen LogP contribution in [0.15, 0.2) is 71.6 Å². The van der Waals surface area contributed by atoms with Crippen LogP contribution in [0.5, 0.6) is 0 Å². The van der Waals surface area contributed by atoms with E-state index in [4.69, 9.17) is 4.42 Å². The van der Waals surface area contributed by atoms with Gasteiger partial charge in [0.05, 0.1) is 6.26 Å². The molecule has 1 unspecified atom stereocenters. The molecule has 1 aliphatic rings. The van der Waals surface area contributed by atoms with E-state index in [1.165, 1.54) is 5.56 Å². The lowest BCUT2D eigenvalue weighted by Crippen LogP contribution is -2.43. The van der Waals surface area contributed by atoms with Crippen molar-refractivity contribution in [1.82, 2.24) is 15.6 Å². The summed E-state index contributed by atoms with van der Waals surface area (Å²) in [6.45, 7) is 1.34. The van der Waals surface area contributed by atoms with Crippen LogP contribution in [0.4, 0.5) is 5.69 Å². The van der Waals surface area contributed by atoms with Crippen molar-refractivity contribution in [3.63, 3.8) is 0 Å². The Morgan fingerprint density at radius 2 is 1.93 bits per heavy atom. The predicted octanol–water partition coefficient (Wildman–Crippen LogP) is 2.21. The van der Waals surface area contributed by atoms with Crippen molar-refractivity contribution in [2.45, 2.75) is 19.0 Å². The number of carbonyl (C=O) groups is 2. The molecule has 0 spiro atoms. The van der Waals surface area contributed by atoms with E-state index in [9.17, 15) is 9.59 Å². The molecule has 148 valence electrons. The first-order valence-electron chi connectivity index (χ1n) is 9.55. The van der Waals surface area contributed by atoms with Gasteiger partial charge in [-0.15, -0.1) is 0 Å². The van der Waals surface area contributed by atoms with Crippen molar-refractivity contribution in [2.75, 3.05) is 18.0 Å². The van der Waals surface area contributed by atoms with Crippen LogP contribution in [0, 0.1) is 0 Å². The van der Waals surface area contributed by atoms with E-state index in [1.807, 2.05) is 30.3 Å². The number of nitrogens with one attached hydrogen (secondary N) is 2. The van der Waals surface area contributed by atoms with E-state index >= 15 is 0 Å². The van der Waals surface area contributed by atoms with Gasteiger partial charge < -0.3 is 20.0 Å². The fourth-order valence-electron chi connectivity index (χ4n) is 3.57. The van der Waals surface area contributed by atoms with Crippen LogP contribution < -0.4 is 15.5 Å². The number of benzene rings is 1. The molecule has 3 heterocycles. The zero-order valence-corrected chi connectivity index (χ0v) is 15.9. The Balaban J connectivity index is 1.40. The van der Waals surface area contributed by atoms with Crippen LogP contribution in [-0.2, 0) is 22.6 Å². The molecule has 7 nitrogen and oxygen atoms in total. The maximum atomic E-state index is 12.3. The summed E-state index contributed by atoms with van der Waals surface area (Å²) in [6, 6.07) is 15.3. The van der Waals surface area contributed by atoms with Crippen molar-refractivity contribution in [1.29, 1.82) is 0 Å². The molecule has 0 aliphatic carbocycles. The first-order valence-corrected chi connectivity index (χ1v) is 9.55. The average molecular weight is 390 g/mol. The van der Waals surface area contributed by atoms with Gasteiger partial charge in [-0.1, -0.05) is 24.3 Å². The van der Waals surface area contributed by atoms with Crippen LogP contribution in [0.1, 0.15) is 22.9 Å². The zero-order chi connectivity index (χ0) is 20.1. The molecule has 0 saturated heterocycles. The number of furan rings is 1. The summed E-state index contributed by atoms with van der Waals surface area (Å²) < 4.78 is 5.62. The van der Waals surface area contributed by atoms with Gasteiger partial charge in [-0.2, -0.15) is 0 Å². The monoisotopic (exact) mass is 390 g/mol. The molecule has 2 N–H and O–H groups in total. The Morgan fingerprint density at radius 3 is 2.72 bits per heavy atom. The van der Waals surface area contributed by atoms with Crippen LogP contribution in [0.3, 0.4) is 0 Å². The number of amides is 2. The number of rotatable bonds is 6. The van der Waals surface area contributed by atoms with Crippen LogP contribution in [-0.4, -0.2) is 29.9 Å². The van der Waals surface area contributed by atoms with Gasteiger partial charge in [0.25, 0.3) is 0 Å². The molecule has 2 amide bonds. The van der Waals surface area contributed by atoms with E-state index in [2.05, 4.69) is 32.7 Å². The molecule has 1 aliphatic heterocycles. The van der Waals surface area contributed by atoms with Crippen molar-refractivity contribution in [3.8, 4) is 0 Å². The van der Waals surface area contributed by atoms with Gasteiger partial charge in [0.15, 0.2) is 0 Å². The second-order valence-electron chi connectivity index (χ2n) is 6.86. The highest BCUT2D eigenvalue weighted by Crippen LogP contribution is 2.34. The van der Waals surface area contributed by atoms with Gasteiger partial charge in [0, 0.05) is 37.7 Å². The molecule has 29 heavy (non-hydrogen) atoms. The average Bonchev–Trinajstić information content (AvgIpc) is 3.44. The molecular weight excluding hydrogens is 368 g/mol. The number of nitrogens with zero attached hydrogens (tertiary/aromatic N) is 2. The number of pyridine rings is 1. The maximum absolute atomic E-state index is 12.3. The van der Waals surface area contributed by atoms with Gasteiger partial charge in [-0.3, -0.25) is 14.6 Å². The minimum absolute atomic E-state index is 0.191. The summed E-state index contributed by atoms with van der Waals surface area (Å²) in [5.41, 5.74) is 3.23. The summed E-state index contributed by atoms with van der Waals surface area (Å²) >= 11 is 0. The molecule has 0 saturated carbocycles. The Labute approximate surface area is 168 Å². The SMILES string of the molecule is O=C(NCc1cccnc1)C(=O)NCC(c1ccco1)N1CCc2ccccc21. The van der Waals surface area contributed by atoms with E-state index < -0.39 is 11.8 Å². The smallest absolute Gasteiger partial charge is 0.309 e. The molecule has 1 atom stereocenters. The highest BCUT2D eigenvalue weighted by molar-refractivity contribution is 6.35. The van der Waals surface area contributed by atoms with Crippen molar-refractivity contribution in [3.05, 3.63) is 84.1 Å². The van der Waals surface area contributed by atoms with Crippen LogP contribution in [0.2, 0.25) is 0 Å². The predicted molar refractivity (Wildman–Crippen MR) is 108 cm³/mol. The van der Waals surface area contributed by atoms with E-state index in [-0.39, 0.29) is 19.1 Å². The van der Waals surface area contributed by atoms with E-state index in [1.54, 1.807) is 24.7 Å². The Kier molecular flexibility index (Phi) is 5.56. The second kappa shape index (κ2) is 8.60. The number of hydrogen-bond donors (Lipinski definition) is 2. The molecule has 3 aromatic rings. The lowest BCUT2D eigenvalue weighted by Gasteiger charge is -2.29. The normalized spacial score (nSPS) is 13.6. The molecule has 4 rings (SSSR count). The van der Waals surface area contributed by atoms with Gasteiger partial charge in [-0.05, 0) is 41.8 Å². The highest BCUT2D eigenvalue weighted by atomic mass is 16.3. The Hall–Kier alpha value is -3.61. The summed E-state index contributed by atoms with van der Waals surface area (Å²) in [5.74, 6) is -0.593. The van der Waals surface area contributed by atoms with Crippen molar-refractivity contribution in [2.24, 2.45) is 0 Å². The molecule has 2 aromatic heterocycles. The molecule has 7 heteroatoms. The van der Waals surface area contributed by atoms with Crippen LogP contribution >= 0.6 is 0 Å². The standard InChI is InChI=1S/C22H22N4O3/c27-21(24-14-16-5-3-10-23-13-16)22(28)25-15-19(20-8-4-12-29-20)26-11-9-17-6-1-2-7-18(17)26/h1-8,10,12-13,19H,9,11,14-15H2,(H,24,27)(H,25,28). The lowest BCUT2D eigenvalue weighted by atomic mass is 10.1. The fourth-order valence-corrected chi connectivity index (χ4v) is 3.57. The second-order valence-corrected chi connectivity index (χ2v) is 6.86. The Morgan fingerprint density at radius 1 is 1.07 bits per heavy atom. The van der Waals surface area contributed by atoms with E-state index in [0.29, 0.717) is 0 Å².